The first-order valence-corrected chi connectivity index (χ1v) is 7.46. The molecule has 2 N–H and O–H groups in total. The van der Waals surface area contributed by atoms with E-state index in [1.54, 1.807) is 12.1 Å². The number of fused-ring (bicyclic) bond motifs is 1. The fraction of sp³-hybridized carbons (Fsp3) is 0.222. The Morgan fingerprint density at radius 3 is 2.64 bits per heavy atom. The molecule has 1 amide bonds. The minimum absolute atomic E-state index is 0.262. The van der Waals surface area contributed by atoms with Gasteiger partial charge in [-0.15, -0.1) is 0 Å². The van der Waals surface area contributed by atoms with Gasteiger partial charge in [0.25, 0.3) is 5.91 Å². The number of aryl methyl sites for hydroxylation is 2. The van der Waals surface area contributed by atoms with Crippen molar-refractivity contribution in [1.82, 2.24) is 0 Å². The van der Waals surface area contributed by atoms with Crippen LogP contribution in [-0.2, 0) is 6.42 Å². The zero-order chi connectivity index (χ0) is 15.5. The van der Waals surface area contributed by atoms with E-state index < -0.39 is 0 Å². The van der Waals surface area contributed by atoms with Crippen molar-refractivity contribution in [2.45, 2.75) is 19.8 Å². The maximum Gasteiger partial charge on any atom is 0.280 e. The molecule has 0 fully saturated rings. The molecule has 0 aromatic heterocycles. The van der Waals surface area contributed by atoms with Crippen LogP contribution < -0.4 is 10.6 Å². The van der Waals surface area contributed by atoms with Crippen LogP contribution in [0.15, 0.2) is 53.5 Å². The van der Waals surface area contributed by atoms with Gasteiger partial charge in [0, 0.05) is 17.8 Å². The molecular weight excluding hydrogens is 274 g/mol. The zero-order valence-corrected chi connectivity index (χ0v) is 12.6. The van der Waals surface area contributed by atoms with Gasteiger partial charge in [0.15, 0.2) is 0 Å². The number of hydrogen-bond donors (Lipinski definition) is 1. The number of carbonyl (C=O) groups is 1. The largest absolute Gasteiger partial charge is 0.369 e. The Kier molecular flexibility index (Phi) is 3.92. The highest BCUT2D eigenvalue weighted by molar-refractivity contribution is 6.07. The molecule has 2 aromatic rings. The summed E-state index contributed by atoms with van der Waals surface area (Å²) in [7, 11) is 0. The van der Waals surface area contributed by atoms with Crippen LogP contribution in [-0.4, -0.2) is 18.4 Å². The third-order valence-electron chi connectivity index (χ3n) is 3.90. The summed E-state index contributed by atoms with van der Waals surface area (Å²) in [6.45, 7) is 2.77. The topological polar surface area (TPSA) is 58.7 Å². The Morgan fingerprint density at radius 2 is 1.86 bits per heavy atom. The fourth-order valence-electron chi connectivity index (χ4n) is 2.70. The average molecular weight is 293 g/mol. The predicted molar refractivity (Wildman–Crippen MR) is 89.2 cm³/mol. The summed E-state index contributed by atoms with van der Waals surface area (Å²) in [5.74, 6) is -0.0433. The lowest BCUT2D eigenvalue weighted by atomic mass is 10.0. The van der Waals surface area contributed by atoms with Crippen LogP contribution in [0.5, 0.6) is 0 Å². The van der Waals surface area contributed by atoms with E-state index in [0.29, 0.717) is 5.56 Å². The van der Waals surface area contributed by atoms with Crippen molar-refractivity contribution in [2.24, 2.45) is 10.7 Å². The summed E-state index contributed by atoms with van der Waals surface area (Å²) in [4.78, 5) is 18.2. The lowest BCUT2D eigenvalue weighted by Gasteiger charge is -2.29. The number of carbonyl (C=O) groups excluding carboxylic acids is 1. The number of rotatable bonds is 1. The fourth-order valence-corrected chi connectivity index (χ4v) is 2.70. The van der Waals surface area contributed by atoms with E-state index in [-0.39, 0.29) is 11.9 Å². The smallest absolute Gasteiger partial charge is 0.280 e. The van der Waals surface area contributed by atoms with E-state index in [1.807, 2.05) is 42.2 Å². The number of anilines is 1. The number of nitrogens with zero attached hydrogens (tertiary/aromatic N) is 2. The highest BCUT2D eigenvalue weighted by Gasteiger charge is 2.19. The first kappa shape index (κ1) is 14.3. The number of aliphatic imine (C=N–C) groups is 1. The summed E-state index contributed by atoms with van der Waals surface area (Å²) in [6.07, 6.45) is 2.04. The Labute approximate surface area is 130 Å². The highest BCUT2D eigenvalue weighted by Crippen LogP contribution is 2.26. The van der Waals surface area contributed by atoms with E-state index in [4.69, 9.17) is 5.73 Å². The van der Waals surface area contributed by atoms with Gasteiger partial charge in [0.05, 0.1) is 0 Å². The zero-order valence-electron chi connectivity index (χ0n) is 12.6. The molecule has 0 aliphatic carbocycles. The second-order valence-corrected chi connectivity index (χ2v) is 5.53. The second kappa shape index (κ2) is 6.02. The lowest BCUT2D eigenvalue weighted by molar-refractivity contribution is 0.100. The van der Waals surface area contributed by atoms with Gasteiger partial charge in [-0.3, -0.25) is 4.79 Å². The Morgan fingerprint density at radius 1 is 1.14 bits per heavy atom. The van der Waals surface area contributed by atoms with E-state index in [2.05, 4.69) is 11.1 Å². The van der Waals surface area contributed by atoms with Gasteiger partial charge in [-0.25, -0.2) is 0 Å². The van der Waals surface area contributed by atoms with Gasteiger partial charge in [-0.2, -0.15) is 4.99 Å². The molecular formula is C18H19N3O. The number of hydrogen-bond acceptors (Lipinski definition) is 1. The van der Waals surface area contributed by atoms with Crippen LogP contribution >= 0.6 is 0 Å². The molecule has 1 aliphatic heterocycles. The van der Waals surface area contributed by atoms with Crippen LogP contribution in [0.2, 0.25) is 0 Å². The van der Waals surface area contributed by atoms with E-state index in [0.717, 1.165) is 30.6 Å². The van der Waals surface area contributed by atoms with Gasteiger partial charge in [-0.1, -0.05) is 35.9 Å². The van der Waals surface area contributed by atoms with Crippen molar-refractivity contribution in [3.63, 3.8) is 0 Å². The third kappa shape index (κ3) is 2.86. The quantitative estimate of drug-likeness (QED) is 0.649. The van der Waals surface area contributed by atoms with Gasteiger partial charge in [0.2, 0.25) is 5.96 Å². The third-order valence-corrected chi connectivity index (χ3v) is 3.90. The number of guanidine groups is 1. The molecule has 1 heterocycles. The van der Waals surface area contributed by atoms with E-state index >= 15 is 0 Å². The van der Waals surface area contributed by atoms with Crippen molar-refractivity contribution < 1.29 is 4.79 Å². The maximum atomic E-state index is 12.2. The summed E-state index contributed by atoms with van der Waals surface area (Å²) in [5, 5.41) is 0. The number of benzene rings is 2. The van der Waals surface area contributed by atoms with E-state index in [1.165, 1.54) is 5.56 Å². The van der Waals surface area contributed by atoms with Gasteiger partial charge in [0.1, 0.15) is 0 Å². The average Bonchev–Trinajstić information content (AvgIpc) is 2.54. The maximum absolute atomic E-state index is 12.2. The van der Waals surface area contributed by atoms with Gasteiger partial charge in [-0.05, 0) is 43.5 Å². The Bertz CT molecular complexity index is 719. The molecule has 4 heteroatoms. The standard InChI is InChI=1S/C18H19N3O/c1-13-8-10-15(11-9-13)17(22)20-18(19)21-12-4-6-14-5-2-3-7-16(14)21/h2-3,5,7-11H,4,6,12H2,1H3,(H2,19,20,22). The number of nitrogens with two attached hydrogens (primary N) is 1. The predicted octanol–water partition coefficient (Wildman–Crippen LogP) is 2.90. The molecule has 0 spiro atoms. The number of amides is 1. The minimum atomic E-state index is -0.305. The molecule has 3 rings (SSSR count). The molecule has 112 valence electrons. The molecule has 0 atom stereocenters. The van der Waals surface area contributed by atoms with Crippen LogP contribution in [0.4, 0.5) is 5.69 Å². The molecule has 0 radical (unpaired) electrons. The molecule has 2 aromatic carbocycles. The van der Waals surface area contributed by atoms with Crippen LogP contribution in [0.3, 0.4) is 0 Å². The highest BCUT2D eigenvalue weighted by atomic mass is 16.1. The summed E-state index contributed by atoms with van der Waals surface area (Å²) in [5.41, 5.74) is 10.0. The van der Waals surface area contributed by atoms with Crippen molar-refractivity contribution in [1.29, 1.82) is 0 Å². The normalized spacial score (nSPS) is 14.6. The van der Waals surface area contributed by atoms with Crippen molar-refractivity contribution in [3.8, 4) is 0 Å². The van der Waals surface area contributed by atoms with Crippen molar-refractivity contribution in [3.05, 3.63) is 65.2 Å². The first-order valence-electron chi connectivity index (χ1n) is 7.46. The van der Waals surface area contributed by atoms with Crippen molar-refractivity contribution in [2.75, 3.05) is 11.4 Å². The van der Waals surface area contributed by atoms with Crippen LogP contribution in [0, 0.1) is 6.92 Å². The van der Waals surface area contributed by atoms with E-state index in [9.17, 15) is 4.79 Å². The molecule has 0 saturated carbocycles. The lowest BCUT2D eigenvalue weighted by Crippen LogP contribution is -2.41. The Hall–Kier alpha value is -2.62. The van der Waals surface area contributed by atoms with Crippen molar-refractivity contribution >= 4 is 17.6 Å². The first-order chi connectivity index (χ1) is 10.6. The van der Waals surface area contributed by atoms with Gasteiger partial charge < -0.3 is 10.6 Å². The molecule has 0 saturated heterocycles. The summed E-state index contributed by atoms with van der Waals surface area (Å²) >= 11 is 0. The summed E-state index contributed by atoms with van der Waals surface area (Å²) in [6, 6.07) is 15.5. The molecule has 4 nitrogen and oxygen atoms in total. The van der Waals surface area contributed by atoms with Gasteiger partial charge >= 0.3 is 0 Å². The molecule has 22 heavy (non-hydrogen) atoms. The minimum Gasteiger partial charge on any atom is -0.369 e. The summed E-state index contributed by atoms with van der Waals surface area (Å²) < 4.78 is 0. The SMILES string of the molecule is Cc1ccc(C(=O)N=C(N)N2CCCc3ccccc32)cc1. The van der Waals surface area contributed by atoms with Crippen LogP contribution in [0.1, 0.15) is 27.9 Å². The molecule has 0 unspecified atom stereocenters. The second-order valence-electron chi connectivity index (χ2n) is 5.53. The molecule has 1 aliphatic rings. The van der Waals surface area contributed by atoms with Crippen LogP contribution in [0.25, 0.3) is 0 Å². The number of para-hydroxylation sites is 1. The monoisotopic (exact) mass is 293 g/mol. The Balaban J connectivity index is 1.86. The molecule has 0 bridgehead atoms.